The lowest BCUT2D eigenvalue weighted by Gasteiger charge is -2.14. The maximum absolute atomic E-state index is 13.2. The van der Waals surface area contributed by atoms with Gasteiger partial charge < -0.3 is 10.1 Å². The van der Waals surface area contributed by atoms with Crippen LogP contribution in [0.15, 0.2) is 65.8 Å². The third kappa shape index (κ3) is 5.43. The number of amides is 1. The minimum absolute atomic E-state index is 0.178. The first-order chi connectivity index (χ1) is 16.4. The van der Waals surface area contributed by atoms with Crippen molar-refractivity contribution in [2.24, 2.45) is 0 Å². The second kappa shape index (κ2) is 10.5. The number of thioether (sulfide) groups is 1. The highest BCUT2D eigenvalue weighted by molar-refractivity contribution is 7.98. The first kappa shape index (κ1) is 23.4. The first-order valence-electron chi connectivity index (χ1n) is 10.8. The topological polar surface area (TPSA) is 94.8 Å². The van der Waals surface area contributed by atoms with E-state index in [1.54, 1.807) is 11.8 Å². The maximum Gasteiger partial charge on any atom is 0.274 e. The van der Waals surface area contributed by atoms with Crippen molar-refractivity contribution in [2.75, 3.05) is 7.11 Å². The largest absolute Gasteiger partial charge is 0.497 e. The lowest BCUT2D eigenvalue weighted by Crippen LogP contribution is -2.28. The highest BCUT2D eigenvalue weighted by Gasteiger charge is 2.23. The standard InChI is InChI=1S/C25H26N6O2S/c1-16-14-17(2)27-25(26-16)34-15-22-23(24(32)28-18(3)19-8-6-5-7-9-19)29-30-31(22)20-10-12-21(33-4)13-11-20/h5-14,18H,15H2,1-4H3,(H,28,32). The number of aromatic nitrogens is 5. The number of benzene rings is 2. The molecule has 9 heteroatoms. The molecule has 0 bridgehead atoms. The van der Waals surface area contributed by atoms with Gasteiger partial charge in [0.05, 0.1) is 24.5 Å². The van der Waals surface area contributed by atoms with Gasteiger partial charge >= 0.3 is 0 Å². The molecule has 0 fully saturated rings. The van der Waals surface area contributed by atoms with Crippen molar-refractivity contribution >= 4 is 17.7 Å². The number of methoxy groups -OCH3 is 1. The van der Waals surface area contributed by atoms with Crippen molar-refractivity contribution < 1.29 is 9.53 Å². The minimum Gasteiger partial charge on any atom is -0.497 e. The Labute approximate surface area is 202 Å². The zero-order valence-electron chi connectivity index (χ0n) is 19.5. The van der Waals surface area contributed by atoms with Crippen LogP contribution in [0.4, 0.5) is 0 Å². The normalized spacial score (nSPS) is 11.8. The van der Waals surface area contributed by atoms with Crippen LogP contribution in [0.25, 0.3) is 5.69 Å². The summed E-state index contributed by atoms with van der Waals surface area (Å²) in [7, 11) is 1.62. The number of aryl methyl sites for hydroxylation is 2. The van der Waals surface area contributed by atoms with Crippen LogP contribution in [-0.2, 0) is 5.75 Å². The number of carbonyl (C=O) groups is 1. The Balaban J connectivity index is 1.64. The van der Waals surface area contributed by atoms with Gasteiger partial charge in [-0.1, -0.05) is 47.3 Å². The summed E-state index contributed by atoms with van der Waals surface area (Å²) in [5.74, 6) is 0.871. The van der Waals surface area contributed by atoms with E-state index >= 15 is 0 Å². The second-order valence-electron chi connectivity index (χ2n) is 7.82. The van der Waals surface area contributed by atoms with Crippen LogP contribution in [-0.4, -0.2) is 38.0 Å². The fourth-order valence-electron chi connectivity index (χ4n) is 3.52. The Morgan fingerprint density at radius 3 is 2.38 bits per heavy atom. The summed E-state index contributed by atoms with van der Waals surface area (Å²) in [5.41, 5.74) is 4.52. The Morgan fingerprint density at radius 2 is 1.74 bits per heavy atom. The summed E-state index contributed by atoms with van der Waals surface area (Å²) in [6.07, 6.45) is 0. The fraction of sp³-hybridized carbons (Fsp3) is 0.240. The average Bonchev–Trinajstić information content (AvgIpc) is 3.27. The molecule has 2 aromatic carbocycles. The molecule has 0 aliphatic rings. The number of nitrogens with one attached hydrogen (secondary N) is 1. The highest BCUT2D eigenvalue weighted by Crippen LogP contribution is 2.25. The van der Waals surface area contributed by atoms with E-state index in [0.717, 1.165) is 28.4 Å². The Morgan fingerprint density at radius 1 is 1.06 bits per heavy atom. The highest BCUT2D eigenvalue weighted by atomic mass is 32.2. The second-order valence-corrected chi connectivity index (χ2v) is 8.76. The molecule has 1 amide bonds. The molecule has 0 aliphatic carbocycles. The van der Waals surface area contributed by atoms with E-state index in [2.05, 4.69) is 25.6 Å². The van der Waals surface area contributed by atoms with Crippen molar-refractivity contribution in [2.45, 2.75) is 37.7 Å². The van der Waals surface area contributed by atoms with Gasteiger partial charge in [-0.05, 0) is 56.7 Å². The quantitative estimate of drug-likeness (QED) is 0.297. The summed E-state index contributed by atoms with van der Waals surface area (Å²) in [6, 6.07) is 19.0. The van der Waals surface area contributed by atoms with Crippen LogP contribution in [0, 0.1) is 13.8 Å². The summed E-state index contributed by atoms with van der Waals surface area (Å²) in [6.45, 7) is 5.82. The molecule has 4 rings (SSSR count). The molecule has 8 nitrogen and oxygen atoms in total. The van der Waals surface area contributed by atoms with Gasteiger partial charge in [0, 0.05) is 17.1 Å². The van der Waals surface area contributed by atoms with E-state index in [1.807, 2.05) is 81.4 Å². The minimum atomic E-state index is -0.284. The lowest BCUT2D eigenvalue weighted by atomic mass is 10.1. The Bertz CT molecular complexity index is 1250. The smallest absolute Gasteiger partial charge is 0.274 e. The van der Waals surface area contributed by atoms with Gasteiger partial charge in [-0.3, -0.25) is 4.79 Å². The molecule has 1 atom stereocenters. The summed E-state index contributed by atoms with van der Waals surface area (Å²) >= 11 is 1.44. The predicted molar refractivity (Wildman–Crippen MR) is 131 cm³/mol. The molecule has 0 saturated heterocycles. The predicted octanol–water partition coefficient (Wildman–Crippen LogP) is 4.47. The number of hydrogen-bond acceptors (Lipinski definition) is 7. The van der Waals surface area contributed by atoms with E-state index in [-0.39, 0.29) is 17.6 Å². The molecule has 1 N–H and O–H groups in total. The third-order valence-electron chi connectivity index (χ3n) is 5.24. The number of rotatable bonds is 8. The van der Waals surface area contributed by atoms with Gasteiger partial charge in [0.2, 0.25) is 0 Å². The van der Waals surface area contributed by atoms with Gasteiger partial charge in [-0.15, -0.1) is 5.10 Å². The zero-order valence-corrected chi connectivity index (χ0v) is 20.3. The van der Waals surface area contributed by atoms with Crippen LogP contribution in [0.1, 0.15) is 46.1 Å². The number of carbonyl (C=O) groups excluding carboxylic acids is 1. The molecule has 0 spiro atoms. The summed E-state index contributed by atoms with van der Waals surface area (Å²) in [5, 5.41) is 12.2. The van der Waals surface area contributed by atoms with Crippen molar-refractivity contribution in [1.29, 1.82) is 0 Å². The van der Waals surface area contributed by atoms with Gasteiger partial charge in [0.1, 0.15) is 5.75 Å². The van der Waals surface area contributed by atoms with Gasteiger partial charge in [0.25, 0.3) is 5.91 Å². The molecular formula is C25H26N6O2S. The summed E-state index contributed by atoms with van der Waals surface area (Å²) in [4.78, 5) is 22.2. The van der Waals surface area contributed by atoms with Crippen LogP contribution in [0.3, 0.4) is 0 Å². The molecular weight excluding hydrogens is 448 g/mol. The summed E-state index contributed by atoms with van der Waals surface area (Å²) < 4.78 is 6.94. The molecule has 1 unspecified atom stereocenters. The van der Waals surface area contributed by atoms with Crippen LogP contribution < -0.4 is 10.1 Å². The van der Waals surface area contributed by atoms with Gasteiger partial charge in [0.15, 0.2) is 10.9 Å². The van der Waals surface area contributed by atoms with E-state index in [1.165, 1.54) is 11.8 Å². The van der Waals surface area contributed by atoms with Crippen LogP contribution in [0.2, 0.25) is 0 Å². The number of hydrogen-bond donors (Lipinski definition) is 1. The maximum atomic E-state index is 13.2. The lowest BCUT2D eigenvalue weighted by molar-refractivity contribution is 0.0934. The van der Waals surface area contributed by atoms with E-state index < -0.39 is 0 Å². The van der Waals surface area contributed by atoms with Gasteiger partial charge in [-0.2, -0.15) is 0 Å². The van der Waals surface area contributed by atoms with E-state index in [4.69, 9.17) is 4.74 Å². The molecule has 174 valence electrons. The Kier molecular flexibility index (Phi) is 7.22. The average molecular weight is 475 g/mol. The van der Waals surface area contributed by atoms with Crippen molar-refractivity contribution in [3.05, 3.63) is 89.0 Å². The van der Waals surface area contributed by atoms with Crippen LogP contribution in [0.5, 0.6) is 5.75 Å². The van der Waals surface area contributed by atoms with Crippen molar-refractivity contribution in [3.63, 3.8) is 0 Å². The molecule has 0 saturated carbocycles. The SMILES string of the molecule is COc1ccc(-n2nnc(C(=O)NC(C)c3ccccc3)c2CSc2nc(C)cc(C)n2)cc1. The van der Waals surface area contributed by atoms with Crippen molar-refractivity contribution in [1.82, 2.24) is 30.3 Å². The number of nitrogens with zero attached hydrogens (tertiary/aromatic N) is 5. The van der Waals surface area contributed by atoms with Crippen molar-refractivity contribution in [3.8, 4) is 11.4 Å². The van der Waals surface area contributed by atoms with Gasteiger partial charge in [-0.25, -0.2) is 14.6 Å². The molecule has 2 aromatic heterocycles. The molecule has 34 heavy (non-hydrogen) atoms. The molecule has 0 radical (unpaired) electrons. The van der Waals surface area contributed by atoms with E-state index in [9.17, 15) is 4.79 Å². The Hall–Kier alpha value is -3.72. The first-order valence-corrected chi connectivity index (χ1v) is 11.8. The molecule has 2 heterocycles. The molecule has 4 aromatic rings. The van der Waals surface area contributed by atoms with Crippen LogP contribution >= 0.6 is 11.8 Å². The monoisotopic (exact) mass is 474 g/mol. The fourth-order valence-corrected chi connectivity index (χ4v) is 4.46. The van der Waals surface area contributed by atoms with E-state index in [0.29, 0.717) is 16.6 Å². The molecule has 0 aliphatic heterocycles. The zero-order chi connectivity index (χ0) is 24.1. The number of ether oxygens (including phenoxy) is 1. The third-order valence-corrected chi connectivity index (χ3v) is 6.10.